The van der Waals surface area contributed by atoms with Gasteiger partial charge >= 0.3 is 17.9 Å². The van der Waals surface area contributed by atoms with Crippen LogP contribution in [-0.4, -0.2) is 37.2 Å². The summed E-state index contributed by atoms with van der Waals surface area (Å²) < 4.78 is 16.9. The molecule has 0 aliphatic carbocycles. The van der Waals surface area contributed by atoms with Gasteiger partial charge in [0.05, 0.1) is 0 Å². The Balaban J connectivity index is 4.27. The largest absolute Gasteiger partial charge is 0.462 e. The highest BCUT2D eigenvalue weighted by molar-refractivity contribution is 5.71. The highest BCUT2D eigenvalue weighted by Gasteiger charge is 2.19. The van der Waals surface area contributed by atoms with E-state index in [0.29, 0.717) is 19.3 Å². The minimum Gasteiger partial charge on any atom is -0.462 e. The van der Waals surface area contributed by atoms with E-state index in [4.69, 9.17) is 14.2 Å². The maximum absolute atomic E-state index is 12.9. The minimum atomic E-state index is -0.795. The van der Waals surface area contributed by atoms with Crippen LogP contribution >= 0.6 is 0 Å². The van der Waals surface area contributed by atoms with Gasteiger partial charge in [0.15, 0.2) is 6.10 Å². The van der Waals surface area contributed by atoms with Crippen LogP contribution in [0.5, 0.6) is 0 Å². The Bertz CT molecular complexity index is 1370. The van der Waals surface area contributed by atoms with E-state index < -0.39 is 6.10 Å². The Kier molecular flexibility index (Phi) is 59.7. The predicted molar refractivity (Wildman–Crippen MR) is 321 cm³/mol. The fourth-order valence-electron chi connectivity index (χ4n) is 9.17. The van der Waals surface area contributed by atoms with E-state index in [1.165, 1.54) is 193 Å². The van der Waals surface area contributed by atoms with Crippen molar-refractivity contribution in [3.05, 3.63) is 72.9 Å². The molecule has 0 aliphatic rings. The average Bonchev–Trinajstić information content (AvgIpc) is 3.40. The van der Waals surface area contributed by atoms with Crippen molar-refractivity contribution < 1.29 is 28.6 Å². The zero-order valence-electron chi connectivity index (χ0n) is 49.1. The van der Waals surface area contributed by atoms with Gasteiger partial charge in [-0.05, 0) is 89.9 Å². The van der Waals surface area contributed by atoms with Gasteiger partial charge in [-0.25, -0.2) is 0 Å². The van der Waals surface area contributed by atoms with Gasteiger partial charge in [0.1, 0.15) is 13.2 Å². The van der Waals surface area contributed by atoms with Crippen LogP contribution in [0.4, 0.5) is 0 Å². The molecule has 0 rings (SSSR count). The molecule has 1 atom stereocenters. The summed E-state index contributed by atoms with van der Waals surface area (Å²) in [5.41, 5.74) is 0. The Labute approximate surface area is 459 Å². The Hall–Kier alpha value is -3.15. The minimum absolute atomic E-state index is 0.0886. The second-order valence-corrected chi connectivity index (χ2v) is 21.3. The van der Waals surface area contributed by atoms with Crippen molar-refractivity contribution in [2.24, 2.45) is 0 Å². The molecule has 0 aliphatic heterocycles. The number of ether oxygens (including phenoxy) is 3. The predicted octanol–water partition coefficient (Wildman–Crippen LogP) is 21.7. The van der Waals surface area contributed by atoms with Crippen molar-refractivity contribution in [1.29, 1.82) is 0 Å². The average molecular weight is 1030 g/mol. The lowest BCUT2D eigenvalue weighted by Gasteiger charge is -2.18. The monoisotopic (exact) mass is 1030 g/mol. The van der Waals surface area contributed by atoms with Gasteiger partial charge in [-0.2, -0.15) is 0 Å². The van der Waals surface area contributed by atoms with Crippen LogP contribution in [0.2, 0.25) is 0 Å². The Morgan fingerprint density at radius 2 is 0.527 bits per heavy atom. The summed E-state index contributed by atoms with van der Waals surface area (Å²) in [5, 5.41) is 0. The lowest BCUT2D eigenvalue weighted by atomic mass is 10.0. The molecule has 0 N–H and O–H groups in total. The maximum atomic E-state index is 12.9. The second-order valence-electron chi connectivity index (χ2n) is 21.3. The fraction of sp³-hybridized carbons (Fsp3) is 0.779. The number of hydrogen-bond donors (Lipinski definition) is 0. The SMILES string of the molecule is CC/C=C\C/C=C\C/C=C\C/C=C\CCCCC(=O)OC(COC(=O)CCCCCCCCCCCCCCCC)COC(=O)CCCCCCCCCCCCCCCCC/C=C\C/C=C\CCCCCCC. The smallest absolute Gasteiger partial charge is 0.306 e. The molecule has 0 radical (unpaired) electrons. The summed E-state index contributed by atoms with van der Waals surface area (Å²) in [6.07, 6.45) is 80.6. The third-order valence-electron chi connectivity index (χ3n) is 13.9. The van der Waals surface area contributed by atoms with Crippen molar-refractivity contribution in [1.82, 2.24) is 0 Å². The van der Waals surface area contributed by atoms with E-state index in [9.17, 15) is 14.4 Å². The number of rotatable bonds is 58. The molecule has 0 heterocycles. The van der Waals surface area contributed by atoms with Crippen molar-refractivity contribution in [3.63, 3.8) is 0 Å². The molecule has 0 aromatic heterocycles. The van der Waals surface area contributed by atoms with E-state index in [2.05, 4.69) is 93.7 Å². The van der Waals surface area contributed by atoms with Crippen molar-refractivity contribution in [2.45, 2.75) is 329 Å². The summed E-state index contributed by atoms with van der Waals surface area (Å²) in [6, 6.07) is 0. The first-order valence-electron chi connectivity index (χ1n) is 31.9. The molecule has 428 valence electrons. The molecular formula is C68H120O6. The van der Waals surface area contributed by atoms with Crippen molar-refractivity contribution in [3.8, 4) is 0 Å². The Morgan fingerprint density at radius 1 is 0.284 bits per heavy atom. The van der Waals surface area contributed by atoms with E-state index in [1.54, 1.807) is 0 Å². The number of carbonyl (C=O) groups excluding carboxylic acids is 3. The first-order chi connectivity index (χ1) is 36.5. The summed E-state index contributed by atoms with van der Waals surface area (Å²) in [6.45, 7) is 6.52. The molecule has 0 saturated heterocycles. The summed E-state index contributed by atoms with van der Waals surface area (Å²) in [4.78, 5) is 38.2. The molecule has 0 aromatic rings. The fourth-order valence-corrected chi connectivity index (χ4v) is 9.17. The van der Waals surface area contributed by atoms with Gasteiger partial charge in [0, 0.05) is 19.3 Å². The molecule has 1 unspecified atom stereocenters. The topological polar surface area (TPSA) is 78.9 Å². The molecule has 0 spiro atoms. The van der Waals surface area contributed by atoms with Gasteiger partial charge in [0.25, 0.3) is 0 Å². The van der Waals surface area contributed by atoms with E-state index in [0.717, 1.165) is 83.5 Å². The molecule has 0 fully saturated rings. The van der Waals surface area contributed by atoms with Crippen molar-refractivity contribution >= 4 is 17.9 Å². The first-order valence-corrected chi connectivity index (χ1v) is 31.9. The van der Waals surface area contributed by atoms with Crippen LogP contribution < -0.4 is 0 Å². The van der Waals surface area contributed by atoms with Gasteiger partial charge in [-0.15, -0.1) is 0 Å². The third kappa shape index (κ3) is 59.7. The van der Waals surface area contributed by atoms with E-state index in [1.807, 2.05) is 0 Å². The number of allylic oxidation sites excluding steroid dienone is 12. The number of unbranched alkanes of at least 4 members (excludes halogenated alkanes) is 35. The third-order valence-corrected chi connectivity index (χ3v) is 13.9. The van der Waals surface area contributed by atoms with Crippen LogP contribution in [0.15, 0.2) is 72.9 Å². The van der Waals surface area contributed by atoms with Crippen LogP contribution in [0, 0.1) is 0 Å². The van der Waals surface area contributed by atoms with Gasteiger partial charge in [0.2, 0.25) is 0 Å². The quantitative estimate of drug-likeness (QED) is 0.0261. The van der Waals surface area contributed by atoms with Crippen LogP contribution in [-0.2, 0) is 28.6 Å². The van der Waals surface area contributed by atoms with E-state index >= 15 is 0 Å². The van der Waals surface area contributed by atoms with Crippen LogP contribution in [0.25, 0.3) is 0 Å². The molecule has 6 heteroatoms. The molecule has 0 bridgehead atoms. The number of esters is 3. The standard InChI is InChI=1S/C68H120O6/c1-4-7-10-13-16-19-22-25-28-29-30-31-32-33-34-35-36-37-38-39-41-43-46-49-52-55-58-61-67(70)73-64-65(63-72-66(69)60-57-54-51-48-45-42-27-24-21-18-15-12-9-6-3)74-68(71)62-59-56-53-50-47-44-40-26-23-20-17-14-11-8-5-2/h8,11,17,20,22,25-26,29-30,40,47,50,65H,4-7,9-10,12-16,18-19,21,23-24,27-28,31-39,41-46,48-49,51-64H2,1-3H3/b11-8-,20-17-,25-22-,30-29-,40-26-,50-47-. The molecular weight excluding hydrogens is 913 g/mol. The van der Waals surface area contributed by atoms with Crippen LogP contribution in [0.1, 0.15) is 323 Å². The normalized spacial score (nSPS) is 12.5. The Morgan fingerprint density at radius 3 is 0.851 bits per heavy atom. The molecule has 0 amide bonds. The maximum Gasteiger partial charge on any atom is 0.306 e. The number of hydrogen-bond acceptors (Lipinski definition) is 6. The molecule has 74 heavy (non-hydrogen) atoms. The second kappa shape index (κ2) is 62.4. The zero-order valence-corrected chi connectivity index (χ0v) is 49.1. The zero-order chi connectivity index (χ0) is 53.6. The highest BCUT2D eigenvalue weighted by atomic mass is 16.6. The van der Waals surface area contributed by atoms with Gasteiger partial charge in [-0.1, -0.05) is 286 Å². The van der Waals surface area contributed by atoms with Crippen LogP contribution in [0.3, 0.4) is 0 Å². The molecule has 6 nitrogen and oxygen atoms in total. The van der Waals surface area contributed by atoms with Crippen molar-refractivity contribution in [2.75, 3.05) is 13.2 Å². The van der Waals surface area contributed by atoms with Gasteiger partial charge in [-0.3, -0.25) is 14.4 Å². The summed E-state index contributed by atoms with van der Waals surface area (Å²) >= 11 is 0. The van der Waals surface area contributed by atoms with E-state index in [-0.39, 0.29) is 37.5 Å². The summed E-state index contributed by atoms with van der Waals surface area (Å²) in [7, 11) is 0. The lowest BCUT2D eigenvalue weighted by Crippen LogP contribution is -2.30. The lowest BCUT2D eigenvalue weighted by molar-refractivity contribution is -0.167. The number of carbonyl (C=O) groups is 3. The van der Waals surface area contributed by atoms with Gasteiger partial charge < -0.3 is 14.2 Å². The highest BCUT2D eigenvalue weighted by Crippen LogP contribution is 2.17. The summed E-state index contributed by atoms with van der Waals surface area (Å²) in [5.74, 6) is -0.916. The molecule has 0 saturated carbocycles. The molecule has 0 aromatic carbocycles. The first kappa shape index (κ1) is 70.8.